The summed E-state index contributed by atoms with van der Waals surface area (Å²) >= 11 is 0. The molecule has 1 saturated carbocycles. The molecule has 1 aromatic heterocycles. The number of hydrogen-bond donors (Lipinski definition) is 2. The molecule has 2 aromatic rings. The maximum absolute atomic E-state index is 11.9. The first-order chi connectivity index (χ1) is 11.5. The number of anilines is 1. The average Bonchev–Trinajstić information content (AvgIpc) is 3.26. The largest absolute Gasteiger partial charge is 0.337 e. The molecule has 1 heterocycles. The predicted octanol–water partition coefficient (Wildman–Crippen LogP) is 2.61. The number of benzene rings is 1. The zero-order chi connectivity index (χ0) is 17.1. The van der Waals surface area contributed by atoms with Crippen molar-refractivity contribution in [3.8, 4) is 11.5 Å². The van der Waals surface area contributed by atoms with Crippen LogP contribution in [0.15, 0.2) is 22.7 Å². The van der Waals surface area contributed by atoms with Gasteiger partial charge in [-0.25, -0.2) is 4.79 Å². The molecule has 2 N–H and O–H groups in total. The third-order valence-electron chi connectivity index (χ3n) is 3.95. The highest BCUT2D eigenvalue weighted by atomic mass is 16.5. The van der Waals surface area contributed by atoms with E-state index >= 15 is 0 Å². The van der Waals surface area contributed by atoms with Gasteiger partial charge in [0.1, 0.15) is 0 Å². The van der Waals surface area contributed by atoms with E-state index in [0.717, 1.165) is 42.0 Å². The Hall–Kier alpha value is -2.41. The Labute approximate surface area is 141 Å². The van der Waals surface area contributed by atoms with Crippen molar-refractivity contribution < 1.29 is 9.32 Å². The molecular formula is C17H23N5O2. The summed E-state index contributed by atoms with van der Waals surface area (Å²) in [6.07, 6.45) is 2.29. The van der Waals surface area contributed by atoms with E-state index in [-0.39, 0.29) is 6.03 Å². The van der Waals surface area contributed by atoms with Crippen LogP contribution in [0.5, 0.6) is 0 Å². The summed E-state index contributed by atoms with van der Waals surface area (Å²) in [7, 11) is 3.93. The van der Waals surface area contributed by atoms with E-state index < -0.39 is 0 Å². The number of aromatic nitrogens is 2. The molecule has 1 fully saturated rings. The van der Waals surface area contributed by atoms with Gasteiger partial charge in [-0.1, -0.05) is 5.16 Å². The fraction of sp³-hybridized carbons (Fsp3) is 0.471. The minimum absolute atomic E-state index is 0.207. The van der Waals surface area contributed by atoms with Crippen LogP contribution in [-0.4, -0.2) is 48.3 Å². The lowest BCUT2D eigenvalue weighted by Crippen LogP contribution is -2.34. The normalized spacial score (nSPS) is 14.0. The molecule has 0 aliphatic heterocycles. The molecule has 0 bridgehead atoms. The standard InChI is InChI=1S/C17H23N5O2/c1-11-10-13(16-20-15(21-24-16)12-4-5-12)6-7-14(11)19-17(23)18-8-9-22(2)3/h6-7,10,12H,4-5,8-9H2,1-3H3,(H2,18,19,23). The van der Waals surface area contributed by atoms with Crippen LogP contribution >= 0.6 is 0 Å². The average molecular weight is 329 g/mol. The zero-order valence-electron chi connectivity index (χ0n) is 14.3. The van der Waals surface area contributed by atoms with Crippen LogP contribution < -0.4 is 10.6 Å². The van der Waals surface area contributed by atoms with Gasteiger partial charge in [-0.2, -0.15) is 4.98 Å². The topological polar surface area (TPSA) is 83.3 Å². The second-order valence-corrected chi connectivity index (χ2v) is 6.45. The summed E-state index contributed by atoms with van der Waals surface area (Å²) in [4.78, 5) is 18.4. The lowest BCUT2D eigenvalue weighted by molar-refractivity contribution is 0.250. The monoisotopic (exact) mass is 329 g/mol. The van der Waals surface area contributed by atoms with Crippen molar-refractivity contribution in [2.24, 2.45) is 0 Å². The van der Waals surface area contributed by atoms with Gasteiger partial charge in [0, 0.05) is 30.3 Å². The molecule has 0 atom stereocenters. The molecule has 1 aliphatic rings. The van der Waals surface area contributed by atoms with Crippen molar-refractivity contribution in [1.82, 2.24) is 20.4 Å². The molecule has 2 amide bonds. The summed E-state index contributed by atoms with van der Waals surface area (Å²) in [5.74, 6) is 1.79. The summed E-state index contributed by atoms with van der Waals surface area (Å²) in [5, 5.41) is 9.72. The number of hydrogen-bond acceptors (Lipinski definition) is 5. The number of amides is 2. The first kappa shape index (κ1) is 16.4. The van der Waals surface area contributed by atoms with Crippen LogP contribution in [0.1, 0.15) is 30.1 Å². The van der Waals surface area contributed by atoms with Gasteiger partial charge in [-0.15, -0.1) is 0 Å². The number of carbonyl (C=O) groups excluding carboxylic acids is 1. The van der Waals surface area contributed by atoms with Crippen molar-refractivity contribution in [2.45, 2.75) is 25.7 Å². The number of likely N-dealkylation sites (N-methyl/N-ethyl adjacent to an activating group) is 1. The van der Waals surface area contributed by atoms with Crippen LogP contribution in [0.4, 0.5) is 10.5 Å². The molecule has 0 spiro atoms. The second-order valence-electron chi connectivity index (χ2n) is 6.45. The van der Waals surface area contributed by atoms with E-state index in [0.29, 0.717) is 18.4 Å². The van der Waals surface area contributed by atoms with Crippen molar-refractivity contribution in [3.05, 3.63) is 29.6 Å². The highest BCUT2D eigenvalue weighted by molar-refractivity contribution is 5.90. The second kappa shape index (κ2) is 7.00. The van der Waals surface area contributed by atoms with Gasteiger partial charge in [0.05, 0.1) is 0 Å². The van der Waals surface area contributed by atoms with Crippen LogP contribution in [0.2, 0.25) is 0 Å². The van der Waals surface area contributed by atoms with E-state index in [1.165, 1.54) is 0 Å². The fourth-order valence-corrected chi connectivity index (χ4v) is 2.36. The summed E-state index contributed by atoms with van der Waals surface area (Å²) in [6, 6.07) is 5.48. The number of carbonyl (C=O) groups is 1. The van der Waals surface area contributed by atoms with Gasteiger partial charge in [0.15, 0.2) is 5.82 Å². The van der Waals surface area contributed by atoms with Crippen LogP contribution in [-0.2, 0) is 0 Å². The Balaban J connectivity index is 1.62. The third-order valence-corrected chi connectivity index (χ3v) is 3.95. The molecule has 1 aromatic carbocycles. The summed E-state index contributed by atoms with van der Waals surface area (Å²) < 4.78 is 5.34. The number of nitrogens with zero attached hydrogens (tertiary/aromatic N) is 3. The van der Waals surface area contributed by atoms with Crippen LogP contribution in [0.3, 0.4) is 0 Å². The maximum atomic E-state index is 11.9. The molecule has 128 valence electrons. The van der Waals surface area contributed by atoms with Crippen LogP contribution in [0, 0.1) is 6.92 Å². The molecule has 24 heavy (non-hydrogen) atoms. The number of rotatable bonds is 6. The van der Waals surface area contributed by atoms with Gasteiger partial charge in [0.25, 0.3) is 5.89 Å². The predicted molar refractivity (Wildman–Crippen MR) is 92.0 cm³/mol. The summed E-state index contributed by atoms with van der Waals surface area (Å²) in [6.45, 7) is 3.34. The van der Waals surface area contributed by atoms with Crippen molar-refractivity contribution in [3.63, 3.8) is 0 Å². The first-order valence-corrected chi connectivity index (χ1v) is 8.17. The molecule has 0 saturated heterocycles. The highest BCUT2D eigenvalue weighted by Gasteiger charge is 2.29. The lowest BCUT2D eigenvalue weighted by atomic mass is 10.1. The Kier molecular flexibility index (Phi) is 4.80. The minimum Gasteiger partial charge on any atom is -0.337 e. The van der Waals surface area contributed by atoms with E-state index in [1.54, 1.807) is 0 Å². The molecule has 3 rings (SSSR count). The van der Waals surface area contributed by atoms with Crippen molar-refractivity contribution in [1.29, 1.82) is 0 Å². The van der Waals surface area contributed by atoms with Crippen molar-refractivity contribution in [2.75, 3.05) is 32.5 Å². The highest BCUT2D eigenvalue weighted by Crippen LogP contribution is 2.39. The van der Waals surface area contributed by atoms with E-state index in [2.05, 4.69) is 20.8 Å². The lowest BCUT2D eigenvalue weighted by Gasteiger charge is -2.12. The number of nitrogens with one attached hydrogen (secondary N) is 2. The van der Waals surface area contributed by atoms with Gasteiger partial charge >= 0.3 is 6.03 Å². The smallest absolute Gasteiger partial charge is 0.319 e. The van der Waals surface area contributed by atoms with Crippen LogP contribution in [0.25, 0.3) is 11.5 Å². The third kappa shape index (κ3) is 4.11. The molecule has 1 aliphatic carbocycles. The van der Waals surface area contributed by atoms with Gasteiger partial charge in [0.2, 0.25) is 0 Å². The molecule has 7 heteroatoms. The van der Waals surface area contributed by atoms with Gasteiger partial charge in [-0.3, -0.25) is 0 Å². The molecule has 7 nitrogen and oxygen atoms in total. The maximum Gasteiger partial charge on any atom is 0.319 e. The Bertz CT molecular complexity index is 722. The van der Waals surface area contributed by atoms with E-state index in [9.17, 15) is 4.79 Å². The Morgan fingerprint density at radius 1 is 1.38 bits per heavy atom. The van der Waals surface area contributed by atoms with E-state index in [4.69, 9.17) is 4.52 Å². The minimum atomic E-state index is -0.207. The molecular weight excluding hydrogens is 306 g/mol. The quantitative estimate of drug-likeness (QED) is 0.851. The van der Waals surface area contributed by atoms with E-state index in [1.807, 2.05) is 44.1 Å². The summed E-state index contributed by atoms with van der Waals surface area (Å²) in [5.41, 5.74) is 2.58. The Morgan fingerprint density at radius 2 is 2.17 bits per heavy atom. The zero-order valence-corrected chi connectivity index (χ0v) is 14.3. The number of aryl methyl sites for hydroxylation is 1. The molecule has 0 radical (unpaired) electrons. The molecule has 0 unspecified atom stereocenters. The van der Waals surface area contributed by atoms with Gasteiger partial charge < -0.3 is 20.1 Å². The fourth-order valence-electron chi connectivity index (χ4n) is 2.36. The first-order valence-electron chi connectivity index (χ1n) is 8.17. The van der Waals surface area contributed by atoms with Gasteiger partial charge in [-0.05, 0) is 57.6 Å². The van der Waals surface area contributed by atoms with Crippen molar-refractivity contribution >= 4 is 11.7 Å². The Morgan fingerprint density at radius 3 is 2.83 bits per heavy atom. The SMILES string of the molecule is Cc1cc(-c2nc(C3CC3)no2)ccc1NC(=O)NCCN(C)C. The number of urea groups is 1.